The van der Waals surface area contributed by atoms with Gasteiger partial charge in [-0.2, -0.15) is 9.97 Å². The Balaban J connectivity index is 1.21. The average Bonchev–Trinajstić information content (AvgIpc) is 3.75. The van der Waals surface area contributed by atoms with Gasteiger partial charge in [0.15, 0.2) is 28.6 Å². The van der Waals surface area contributed by atoms with E-state index in [0.29, 0.717) is 0 Å². The molecule has 0 aliphatic carbocycles. The van der Waals surface area contributed by atoms with Crippen LogP contribution in [-0.2, 0) is 41.5 Å². The Morgan fingerprint density at radius 2 is 1.31 bits per heavy atom. The number of nitrogens with one attached hydrogen (secondary N) is 2. The van der Waals surface area contributed by atoms with Crippen LogP contribution < -0.4 is 22.6 Å². The minimum absolute atomic E-state index is 0.105. The van der Waals surface area contributed by atoms with Crippen molar-refractivity contribution in [2.75, 3.05) is 24.7 Å². The molecular formula is C22H26N10O14P2. The SMILES string of the molecule is CC(=O)C1[C@H]2OP(=O)(O)OC[C@H]3O[C@@H](n4cnc5c(=O)[nH]c(N)nc54)C(O)[C@H]3OP(=O)(O)OC[C@H]2O[C@H]1n1cnc2c(=O)[nH]c(N)nc21. The summed E-state index contributed by atoms with van der Waals surface area (Å²) in [7, 11) is -10.3. The highest BCUT2D eigenvalue weighted by Crippen LogP contribution is 2.54. The van der Waals surface area contributed by atoms with Crippen molar-refractivity contribution in [2.24, 2.45) is 5.92 Å². The molecule has 4 aromatic rings. The third-order valence-corrected chi connectivity index (χ3v) is 9.85. The first-order chi connectivity index (χ1) is 22.6. The van der Waals surface area contributed by atoms with Gasteiger partial charge in [0.25, 0.3) is 11.1 Å². The molecular weight excluding hydrogens is 690 g/mol. The lowest BCUT2D eigenvalue weighted by atomic mass is 9.96. The molecule has 9 N–H and O–H groups in total. The first-order valence-corrected chi connectivity index (χ1v) is 16.9. The smallest absolute Gasteiger partial charge is 0.386 e. The number of imidazole rings is 2. The quantitative estimate of drug-likeness (QED) is 0.111. The molecule has 7 rings (SSSR count). The topological polar surface area (TPSA) is 346 Å². The molecule has 3 aliphatic rings. The zero-order valence-electron chi connectivity index (χ0n) is 24.3. The summed E-state index contributed by atoms with van der Waals surface area (Å²) in [5.74, 6) is -2.61. The van der Waals surface area contributed by atoms with Crippen LogP contribution in [0.4, 0.5) is 11.9 Å². The highest BCUT2D eigenvalue weighted by Gasteiger charge is 2.55. The number of anilines is 2. The Hall–Kier alpha value is -3.93. The maximum atomic E-state index is 13.3. The monoisotopic (exact) mass is 716 g/mol. The first kappa shape index (κ1) is 32.6. The van der Waals surface area contributed by atoms with E-state index in [1.807, 2.05) is 0 Å². The summed E-state index contributed by atoms with van der Waals surface area (Å²) in [6.07, 6.45) is -8.91. The van der Waals surface area contributed by atoms with Crippen LogP contribution in [0.2, 0.25) is 0 Å². The zero-order valence-corrected chi connectivity index (χ0v) is 26.0. The largest absolute Gasteiger partial charge is 0.472 e. The molecule has 3 fully saturated rings. The third kappa shape index (κ3) is 5.65. The summed E-state index contributed by atoms with van der Waals surface area (Å²) in [6, 6.07) is 0. The molecule has 4 unspecified atom stereocenters. The summed E-state index contributed by atoms with van der Waals surface area (Å²) in [4.78, 5) is 79.5. The predicted molar refractivity (Wildman–Crippen MR) is 154 cm³/mol. The van der Waals surface area contributed by atoms with Crippen molar-refractivity contribution < 1.29 is 56.4 Å². The second kappa shape index (κ2) is 11.6. The van der Waals surface area contributed by atoms with E-state index in [2.05, 4.69) is 29.9 Å². The lowest BCUT2D eigenvalue weighted by molar-refractivity contribution is -0.126. The molecule has 24 nitrogen and oxygen atoms in total. The Morgan fingerprint density at radius 3 is 1.83 bits per heavy atom. The van der Waals surface area contributed by atoms with Crippen LogP contribution in [0.5, 0.6) is 0 Å². The molecule has 0 radical (unpaired) electrons. The van der Waals surface area contributed by atoms with Crippen LogP contribution in [0, 0.1) is 5.92 Å². The molecule has 0 aromatic carbocycles. The number of fused-ring (bicyclic) bond motifs is 4. The van der Waals surface area contributed by atoms with Gasteiger partial charge < -0.3 is 35.8 Å². The number of ether oxygens (including phenoxy) is 2. The fraction of sp³-hybridized carbons (Fsp3) is 0.500. The third-order valence-electron chi connectivity index (χ3n) is 7.88. The number of carbonyl (C=O) groups is 1. The number of aliphatic hydroxyl groups excluding tert-OH is 1. The molecule has 3 aliphatic heterocycles. The molecule has 0 spiro atoms. The molecule has 10 atom stereocenters. The van der Waals surface area contributed by atoms with E-state index in [0.717, 1.165) is 24.1 Å². The fourth-order valence-electron chi connectivity index (χ4n) is 5.85. The Kier molecular flexibility index (Phi) is 7.88. The molecule has 4 aromatic heterocycles. The van der Waals surface area contributed by atoms with Gasteiger partial charge in [0, 0.05) is 0 Å². The van der Waals surface area contributed by atoms with Gasteiger partial charge >= 0.3 is 15.6 Å². The lowest BCUT2D eigenvalue weighted by Crippen LogP contribution is -2.39. The van der Waals surface area contributed by atoms with Gasteiger partial charge in [-0.25, -0.2) is 19.1 Å². The molecule has 48 heavy (non-hydrogen) atoms. The first-order valence-electron chi connectivity index (χ1n) is 13.9. The minimum Gasteiger partial charge on any atom is -0.386 e. The van der Waals surface area contributed by atoms with Crippen molar-refractivity contribution in [3.05, 3.63) is 33.4 Å². The molecule has 7 heterocycles. The van der Waals surface area contributed by atoms with Gasteiger partial charge in [0.05, 0.1) is 31.8 Å². The van der Waals surface area contributed by atoms with Crippen molar-refractivity contribution in [3.63, 3.8) is 0 Å². The van der Waals surface area contributed by atoms with Crippen LogP contribution in [0.3, 0.4) is 0 Å². The highest BCUT2D eigenvalue weighted by atomic mass is 31.2. The number of phosphoric ester groups is 2. The van der Waals surface area contributed by atoms with E-state index in [1.165, 1.54) is 4.57 Å². The van der Waals surface area contributed by atoms with Crippen LogP contribution in [0.15, 0.2) is 22.2 Å². The van der Waals surface area contributed by atoms with Gasteiger partial charge in [0.2, 0.25) is 11.9 Å². The van der Waals surface area contributed by atoms with E-state index in [1.54, 1.807) is 0 Å². The van der Waals surface area contributed by atoms with Gasteiger partial charge in [0.1, 0.15) is 42.5 Å². The fourth-order valence-corrected chi connectivity index (χ4v) is 7.78. The van der Waals surface area contributed by atoms with Crippen LogP contribution in [0.25, 0.3) is 22.3 Å². The molecule has 0 saturated carbocycles. The number of Topliss-reactive ketones (excluding diaryl/α,β-unsaturated/α-hetero) is 1. The lowest BCUT2D eigenvalue weighted by Gasteiger charge is -2.28. The summed E-state index contributed by atoms with van der Waals surface area (Å²) in [5, 5.41) is 11.2. The average molecular weight is 716 g/mol. The normalized spacial score (nSPS) is 36.0. The number of nitrogen functional groups attached to an aromatic ring is 2. The standard InChI is InChI=1S/C22H26N10O14P2/c1-6(33)9-13-7(43-19(9)31-4-25-10-15(31)27-21(23)29-17(10)35)2-41-48(39,40)46-14-8(3-42-47(37,38)45-13)44-20(12(14)34)32-5-26-11-16(32)28-22(24)30-18(11)36/h4-5,7-9,12-14,19-20,34H,2-3H2,1H3,(H,37,38)(H,39,40)(H3,23,27,29,35)(H3,24,28,30,36)/t7-,8-,9?,12?,13+,14+,19-,20-/m1/s1. The van der Waals surface area contributed by atoms with Crippen molar-refractivity contribution in [1.82, 2.24) is 39.0 Å². The zero-order chi connectivity index (χ0) is 34.3. The molecule has 0 amide bonds. The van der Waals surface area contributed by atoms with Crippen molar-refractivity contribution in [1.29, 1.82) is 0 Å². The Labute approximate surface area is 265 Å². The van der Waals surface area contributed by atoms with Gasteiger partial charge in [-0.1, -0.05) is 0 Å². The van der Waals surface area contributed by atoms with E-state index in [9.17, 15) is 38.4 Å². The molecule has 26 heteroatoms. The Bertz CT molecular complexity index is 2150. The van der Waals surface area contributed by atoms with Gasteiger partial charge in [-0.15, -0.1) is 0 Å². The number of aromatic amines is 2. The second-order valence-electron chi connectivity index (χ2n) is 11.0. The second-order valence-corrected chi connectivity index (χ2v) is 13.8. The number of aromatic nitrogens is 8. The van der Waals surface area contributed by atoms with E-state index < -0.39 is 94.7 Å². The number of H-pyrrole nitrogens is 2. The summed E-state index contributed by atoms with van der Waals surface area (Å²) in [5.41, 5.74) is 9.36. The number of carbonyl (C=O) groups excluding carboxylic acids is 1. The number of aliphatic hydroxyl groups is 1. The van der Waals surface area contributed by atoms with Gasteiger partial charge in [-0.05, 0) is 6.92 Å². The number of rotatable bonds is 3. The van der Waals surface area contributed by atoms with Crippen LogP contribution in [0.1, 0.15) is 19.4 Å². The maximum Gasteiger partial charge on any atom is 0.472 e. The van der Waals surface area contributed by atoms with Crippen LogP contribution in [-0.4, -0.2) is 103 Å². The van der Waals surface area contributed by atoms with Gasteiger partial charge in [-0.3, -0.25) is 51.6 Å². The molecule has 258 valence electrons. The van der Waals surface area contributed by atoms with Crippen LogP contribution >= 0.6 is 15.6 Å². The van der Waals surface area contributed by atoms with Crippen molar-refractivity contribution >= 4 is 55.7 Å². The van der Waals surface area contributed by atoms with E-state index in [-0.39, 0.29) is 34.2 Å². The highest BCUT2D eigenvalue weighted by molar-refractivity contribution is 7.47. The summed E-state index contributed by atoms with van der Waals surface area (Å²) in [6.45, 7) is -0.605. The number of hydrogen-bond donors (Lipinski definition) is 7. The Morgan fingerprint density at radius 1 is 0.854 bits per heavy atom. The number of hydrogen-bond acceptors (Lipinski definition) is 18. The minimum atomic E-state index is -5.13. The number of nitrogens with two attached hydrogens (primary N) is 2. The number of phosphoric acid groups is 2. The number of nitrogens with zero attached hydrogens (tertiary/aromatic N) is 6. The molecule has 3 saturated heterocycles. The van der Waals surface area contributed by atoms with Crippen molar-refractivity contribution in [3.8, 4) is 0 Å². The number of ketones is 1. The van der Waals surface area contributed by atoms with Crippen molar-refractivity contribution in [2.45, 2.75) is 49.9 Å². The van der Waals surface area contributed by atoms with E-state index in [4.69, 9.17) is 39.0 Å². The van der Waals surface area contributed by atoms with E-state index >= 15 is 0 Å². The maximum absolute atomic E-state index is 13.3. The summed E-state index contributed by atoms with van der Waals surface area (Å²) < 4.78 is 61.6. The summed E-state index contributed by atoms with van der Waals surface area (Å²) >= 11 is 0. The molecule has 0 bridgehead atoms. The predicted octanol–water partition coefficient (Wildman–Crippen LogP) is -2.20.